The molecule has 0 heterocycles. The SMILES string of the molecule is CSCCC(N)C(=O)N(C)Cc1ccccc1.Cl. The molecule has 0 saturated carbocycles. The quantitative estimate of drug-likeness (QED) is 0.872. The highest BCUT2D eigenvalue weighted by Gasteiger charge is 2.17. The maximum Gasteiger partial charge on any atom is 0.239 e. The molecule has 102 valence electrons. The van der Waals surface area contributed by atoms with Gasteiger partial charge in [0.1, 0.15) is 0 Å². The van der Waals surface area contributed by atoms with Crippen molar-refractivity contribution in [1.29, 1.82) is 0 Å². The molecule has 0 aliphatic heterocycles. The molecule has 1 aromatic carbocycles. The van der Waals surface area contributed by atoms with Crippen LogP contribution in [-0.2, 0) is 11.3 Å². The monoisotopic (exact) mass is 288 g/mol. The van der Waals surface area contributed by atoms with Crippen LogP contribution in [-0.4, -0.2) is 35.9 Å². The fourth-order valence-electron chi connectivity index (χ4n) is 1.59. The number of benzene rings is 1. The first-order valence-corrected chi connectivity index (χ1v) is 7.08. The van der Waals surface area contributed by atoms with Crippen LogP contribution in [0.3, 0.4) is 0 Å². The van der Waals surface area contributed by atoms with E-state index in [1.807, 2.05) is 36.6 Å². The van der Waals surface area contributed by atoms with Crippen molar-refractivity contribution >= 4 is 30.1 Å². The summed E-state index contributed by atoms with van der Waals surface area (Å²) in [5.74, 6) is 0.939. The van der Waals surface area contributed by atoms with E-state index in [4.69, 9.17) is 5.73 Å². The predicted molar refractivity (Wildman–Crippen MR) is 81.1 cm³/mol. The molecule has 0 aliphatic rings. The van der Waals surface area contributed by atoms with Gasteiger partial charge in [-0.15, -0.1) is 12.4 Å². The maximum absolute atomic E-state index is 11.9. The molecule has 0 radical (unpaired) electrons. The molecule has 18 heavy (non-hydrogen) atoms. The fourth-order valence-corrected chi connectivity index (χ4v) is 2.08. The molecule has 0 saturated heterocycles. The molecule has 0 spiro atoms. The van der Waals surface area contributed by atoms with E-state index in [-0.39, 0.29) is 24.4 Å². The molecule has 1 unspecified atom stereocenters. The highest BCUT2D eigenvalue weighted by atomic mass is 35.5. The van der Waals surface area contributed by atoms with Gasteiger partial charge in [-0.2, -0.15) is 11.8 Å². The summed E-state index contributed by atoms with van der Waals surface area (Å²) in [4.78, 5) is 13.6. The fraction of sp³-hybridized carbons (Fsp3) is 0.462. The van der Waals surface area contributed by atoms with Gasteiger partial charge in [-0.1, -0.05) is 30.3 Å². The molecule has 3 nitrogen and oxygen atoms in total. The molecule has 0 bridgehead atoms. The van der Waals surface area contributed by atoms with Crippen molar-refractivity contribution in [1.82, 2.24) is 4.90 Å². The lowest BCUT2D eigenvalue weighted by Crippen LogP contribution is -2.41. The Morgan fingerprint density at radius 1 is 1.39 bits per heavy atom. The zero-order valence-corrected chi connectivity index (χ0v) is 12.5. The number of thioether (sulfide) groups is 1. The summed E-state index contributed by atoms with van der Waals surface area (Å²) in [6, 6.07) is 9.56. The van der Waals surface area contributed by atoms with E-state index in [1.165, 1.54) is 0 Å². The Kier molecular flexibility index (Phi) is 8.89. The van der Waals surface area contributed by atoms with Crippen molar-refractivity contribution < 1.29 is 4.79 Å². The normalized spacial score (nSPS) is 11.5. The molecule has 1 amide bonds. The number of carbonyl (C=O) groups is 1. The van der Waals surface area contributed by atoms with Gasteiger partial charge in [0.2, 0.25) is 5.91 Å². The van der Waals surface area contributed by atoms with Gasteiger partial charge in [-0.05, 0) is 24.0 Å². The molecule has 0 aromatic heterocycles. The van der Waals surface area contributed by atoms with E-state index < -0.39 is 0 Å². The van der Waals surface area contributed by atoms with Crippen LogP contribution in [0.1, 0.15) is 12.0 Å². The van der Waals surface area contributed by atoms with E-state index in [0.717, 1.165) is 17.7 Å². The highest BCUT2D eigenvalue weighted by molar-refractivity contribution is 7.98. The van der Waals surface area contributed by atoms with Crippen molar-refractivity contribution in [2.75, 3.05) is 19.1 Å². The summed E-state index contributed by atoms with van der Waals surface area (Å²) in [6.45, 7) is 0.618. The zero-order chi connectivity index (χ0) is 12.7. The Morgan fingerprint density at radius 2 is 2.00 bits per heavy atom. The third-order valence-corrected chi connectivity index (χ3v) is 3.23. The number of nitrogens with two attached hydrogens (primary N) is 1. The summed E-state index contributed by atoms with van der Waals surface area (Å²) in [7, 11) is 1.80. The lowest BCUT2D eigenvalue weighted by Gasteiger charge is -2.21. The lowest BCUT2D eigenvalue weighted by molar-refractivity contribution is -0.131. The average molecular weight is 289 g/mol. The van der Waals surface area contributed by atoms with Gasteiger partial charge in [0, 0.05) is 13.6 Å². The number of likely N-dealkylation sites (N-methyl/N-ethyl adjacent to an activating group) is 1. The summed E-state index contributed by atoms with van der Waals surface area (Å²) >= 11 is 1.71. The van der Waals surface area contributed by atoms with Crippen molar-refractivity contribution in [2.45, 2.75) is 19.0 Å². The Bertz CT molecular complexity index is 348. The van der Waals surface area contributed by atoms with Crippen LogP contribution in [0.5, 0.6) is 0 Å². The van der Waals surface area contributed by atoms with Gasteiger partial charge in [0.25, 0.3) is 0 Å². The van der Waals surface area contributed by atoms with Crippen LogP contribution in [0.2, 0.25) is 0 Å². The van der Waals surface area contributed by atoms with Gasteiger partial charge in [0.05, 0.1) is 6.04 Å². The van der Waals surface area contributed by atoms with Gasteiger partial charge in [0.15, 0.2) is 0 Å². The van der Waals surface area contributed by atoms with E-state index in [1.54, 1.807) is 23.7 Å². The standard InChI is InChI=1S/C13H20N2OS.ClH/c1-15(10-11-6-4-3-5-7-11)13(16)12(14)8-9-17-2;/h3-7,12H,8-10,14H2,1-2H3;1H. The van der Waals surface area contributed by atoms with Crippen LogP contribution >= 0.6 is 24.2 Å². The Hall–Kier alpha value is -0.710. The largest absolute Gasteiger partial charge is 0.340 e. The molecule has 0 fully saturated rings. The van der Waals surface area contributed by atoms with Crippen LogP contribution < -0.4 is 5.73 Å². The van der Waals surface area contributed by atoms with Gasteiger partial charge in [-0.25, -0.2) is 0 Å². The topological polar surface area (TPSA) is 46.3 Å². The molecule has 5 heteroatoms. The molecular weight excluding hydrogens is 268 g/mol. The lowest BCUT2D eigenvalue weighted by atomic mass is 10.2. The van der Waals surface area contributed by atoms with Crippen LogP contribution in [0.15, 0.2) is 30.3 Å². The van der Waals surface area contributed by atoms with Crippen molar-refractivity contribution in [2.24, 2.45) is 5.73 Å². The Balaban J connectivity index is 0.00000289. The zero-order valence-electron chi connectivity index (χ0n) is 10.8. The minimum Gasteiger partial charge on any atom is -0.340 e. The second-order valence-corrected chi connectivity index (χ2v) is 5.05. The molecule has 1 aromatic rings. The second-order valence-electron chi connectivity index (χ2n) is 4.07. The summed E-state index contributed by atoms with van der Waals surface area (Å²) in [6.07, 6.45) is 2.75. The van der Waals surface area contributed by atoms with Gasteiger partial charge >= 0.3 is 0 Å². The Labute approximate surface area is 120 Å². The van der Waals surface area contributed by atoms with E-state index in [2.05, 4.69) is 0 Å². The third kappa shape index (κ3) is 5.76. The maximum atomic E-state index is 11.9. The second kappa shape index (κ2) is 9.25. The van der Waals surface area contributed by atoms with Crippen molar-refractivity contribution in [3.05, 3.63) is 35.9 Å². The molecule has 2 N–H and O–H groups in total. The van der Waals surface area contributed by atoms with E-state index in [9.17, 15) is 4.79 Å². The molecule has 1 rings (SSSR count). The Morgan fingerprint density at radius 3 is 2.56 bits per heavy atom. The number of amides is 1. The van der Waals surface area contributed by atoms with Crippen molar-refractivity contribution in [3.63, 3.8) is 0 Å². The first-order valence-electron chi connectivity index (χ1n) is 5.68. The molecule has 0 aliphatic carbocycles. The van der Waals surface area contributed by atoms with Gasteiger partial charge < -0.3 is 10.6 Å². The van der Waals surface area contributed by atoms with Crippen LogP contribution in [0, 0.1) is 0 Å². The van der Waals surface area contributed by atoms with Gasteiger partial charge in [-0.3, -0.25) is 4.79 Å². The first kappa shape index (κ1) is 17.3. The minimum absolute atomic E-state index is 0. The summed E-state index contributed by atoms with van der Waals surface area (Å²) < 4.78 is 0. The summed E-state index contributed by atoms with van der Waals surface area (Å²) in [5.41, 5.74) is 6.98. The van der Waals surface area contributed by atoms with Crippen LogP contribution in [0.4, 0.5) is 0 Å². The highest BCUT2D eigenvalue weighted by Crippen LogP contribution is 2.06. The minimum atomic E-state index is -0.379. The predicted octanol–water partition coefficient (Wildman–Crippen LogP) is 2.15. The summed E-state index contributed by atoms with van der Waals surface area (Å²) in [5, 5.41) is 0. The third-order valence-electron chi connectivity index (χ3n) is 2.59. The number of hydrogen-bond acceptors (Lipinski definition) is 3. The number of carbonyl (C=O) groups excluding carboxylic acids is 1. The van der Waals surface area contributed by atoms with E-state index in [0.29, 0.717) is 6.54 Å². The smallest absolute Gasteiger partial charge is 0.239 e. The average Bonchev–Trinajstić information content (AvgIpc) is 2.36. The number of rotatable bonds is 6. The first-order chi connectivity index (χ1) is 8.15. The molecular formula is C13H21ClN2OS. The van der Waals surface area contributed by atoms with E-state index >= 15 is 0 Å². The van der Waals surface area contributed by atoms with Crippen LogP contribution in [0.25, 0.3) is 0 Å². The molecule has 1 atom stereocenters. The number of halogens is 1. The number of nitrogens with zero attached hydrogens (tertiary/aromatic N) is 1. The van der Waals surface area contributed by atoms with Crippen molar-refractivity contribution in [3.8, 4) is 0 Å². The number of hydrogen-bond donors (Lipinski definition) is 1.